The number of H-pyrrole nitrogens is 2. The Kier molecular flexibility index (Phi) is 12.0. The zero-order valence-corrected chi connectivity index (χ0v) is 21.3. The van der Waals surface area contributed by atoms with Gasteiger partial charge in [-0.1, -0.05) is 12.2 Å². The Hall–Kier alpha value is -3.33. The van der Waals surface area contributed by atoms with Gasteiger partial charge >= 0.3 is 6.18 Å². The number of aryl methyl sites for hydroxylation is 1. The quantitative estimate of drug-likeness (QED) is 0.334. The average Bonchev–Trinajstić information content (AvgIpc) is 3.37. The van der Waals surface area contributed by atoms with Gasteiger partial charge in [-0.05, 0) is 93.0 Å². The van der Waals surface area contributed by atoms with Crippen LogP contribution >= 0.6 is 0 Å². The SMILES string of the molecule is C/C=C\C(=C/N)Cc1c[nH][nH]cc(OCCN2CCCC2)cc1C.CNc1ccc(C(F)(F)F)cc1. The van der Waals surface area contributed by atoms with Crippen LogP contribution in [0.3, 0.4) is 0 Å². The highest BCUT2D eigenvalue weighted by molar-refractivity contribution is 5.44. The van der Waals surface area contributed by atoms with E-state index < -0.39 is 11.7 Å². The smallest absolute Gasteiger partial charge is 0.416 e. The number of nitrogens with zero attached hydrogens (tertiary/aromatic N) is 1. The molecule has 1 aromatic carbocycles. The number of rotatable bonds is 8. The second-order valence-electron chi connectivity index (χ2n) is 8.47. The molecule has 0 radical (unpaired) electrons. The monoisotopic (exact) mass is 505 g/mol. The lowest BCUT2D eigenvalue weighted by Crippen LogP contribution is -2.25. The first-order valence-electron chi connectivity index (χ1n) is 12.1. The fourth-order valence-corrected chi connectivity index (χ4v) is 3.71. The van der Waals surface area contributed by atoms with E-state index in [1.807, 2.05) is 31.5 Å². The number of allylic oxidation sites excluding steroid dienone is 3. The molecule has 0 aliphatic carbocycles. The standard InChI is InChI=1S/C19H30N4O.C8H8F3N/c1-3-6-17(13-20)12-18-14-21-22-15-19(11-16(18)2)24-10-9-23-7-4-5-8-23;1-12-7-4-2-6(3-5-7)8(9,10)11/h3,6,11,13-15,21-22H,4-5,7-10,12,20H2,1-2H3;2-5,12H,1H3/b6-3-,16-11?,17-13+,18-14?,19-15?;. The summed E-state index contributed by atoms with van der Waals surface area (Å²) in [6, 6.07) is 6.96. The first kappa shape index (κ1) is 28.9. The predicted molar refractivity (Wildman–Crippen MR) is 140 cm³/mol. The summed E-state index contributed by atoms with van der Waals surface area (Å²) in [6.45, 7) is 8.19. The van der Waals surface area contributed by atoms with Crippen LogP contribution in [0.25, 0.3) is 0 Å². The molecule has 1 aliphatic heterocycles. The largest absolute Gasteiger partial charge is 0.491 e. The first-order valence-corrected chi connectivity index (χ1v) is 12.1. The minimum absolute atomic E-state index is 0.624. The minimum Gasteiger partial charge on any atom is -0.491 e. The van der Waals surface area contributed by atoms with Crippen LogP contribution in [0.15, 0.2) is 66.7 Å². The molecular formula is C27H38F3N5O. The third kappa shape index (κ3) is 10.1. The molecule has 0 bridgehead atoms. The van der Waals surface area contributed by atoms with Crippen LogP contribution in [0.5, 0.6) is 5.75 Å². The van der Waals surface area contributed by atoms with E-state index in [-0.39, 0.29) is 0 Å². The van der Waals surface area contributed by atoms with Crippen LogP contribution in [0.2, 0.25) is 0 Å². The number of halogens is 3. The zero-order chi connectivity index (χ0) is 26.4. The summed E-state index contributed by atoms with van der Waals surface area (Å²) in [5.74, 6) is 0.842. The van der Waals surface area contributed by atoms with E-state index in [9.17, 15) is 13.2 Å². The fraction of sp³-hybridized carbons (Fsp3) is 0.407. The van der Waals surface area contributed by atoms with Gasteiger partial charge < -0.3 is 26.0 Å². The normalized spacial score (nSPS) is 14.3. The molecule has 198 valence electrons. The first-order chi connectivity index (χ1) is 17.3. The van der Waals surface area contributed by atoms with Crippen molar-refractivity contribution in [3.8, 4) is 5.75 Å². The van der Waals surface area contributed by atoms with Crippen LogP contribution in [0.1, 0.15) is 36.5 Å². The lowest BCUT2D eigenvalue weighted by atomic mass is 10.0. The maximum absolute atomic E-state index is 12.0. The number of nitrogens with one attached hydrogen (secondary N) is 3. The maximum atomic E-state index is 12.0. The lowest BCUT2D eigenvalue weighted by Gasteiger charge is -2.15. The molecule has 0 saturated carbocycles. The van der Waals surface area contributed by atoms with Gasteiger partial charge in [0.25, 0.3) is 0 Å². The highest BCUT2D eigenvalue weighted by Gasteiger charge is 2.29. The molecule has 0 atom stereocenters. The average molecular weight is 506 g/mol. The topological polar surface area (TPSA) is 82.1 Å². The van der Waals surface area contributed by atoms with Crippen molar-refractivity contribution in [2.75, 3.05) is 38.6 Å². The molecule has 2 heterocycles. The van der Waals surface area contributed by atoms with Gasteiger partial charge in [-0.25, -0.2) is 0 Å². The van der Waals surface area contributed by atoms with E-state index in [0.717, 1.165) is 36.4 Å². The number of alkyl halides is 3. The summed E-state index contributed by atoms with van der Waals surface area (Å²) >= 11 is 0. The van der Waals surface area contributed by atoms with E-state index in [1.165, 1.54) is 49.2 Å². The number of nitrogens with two attached hydrogens (primary N) is 1. The zero-order valence-electron chi connectivity index (χ0n) is 21.3. The van der Waals surface area contributed by atoms with Crippen LogP contribution in [0.4, 0.5) is 18.9 Å². The van der Waals surface area contributed by atoms with Gasteiger partial charge in [0.05, 0.1) is 11.8 Å². The molecule has 5 N–H and O–H groups in total. The number of aromatic nitrogens is 2. The Labute approximate surface area is 211 Å². The predicted octanol–water partition coefficient (Wildman–Crippen LogP) is 5.96. The summed E-state index contributed by atoms with van der Waals surface area (Å²) < 4.78 is 41.9. The number of likely N-dealkylation sites (tertiary alicyclic amines) is 1. The molecule has 3 rings (SSSR count). The third-order valence-electron chi connectivity index (χ3n) is 5.77. The molecular weight excluding hydrogens is 467 g/mol. The van der Waals surface area contributed by atoms with Crippen LogP contribution in [-0.2, 0) is 12.6 Å². The number of hydrogen-bond donors (Lipinski definition) is 4. The van der Waals surface area contributed by atoms with Gasteiger partial charge in [-0.2, -0.15) is 13.2 Å². The van der Waals surface area contributed by atoms with Crippen molar-refractivity contribution in [3.05, 3.63) is 83.3 Å². The van der Waals surface area contributed by atoms with Crippen molar-refractivity contribution in [2.45, 2.75) is 39.3 Å². The van der Waals surface area contributed by atoms with E-state index >= 15 is 0 Å². The Morgan fingerprint density at radius 3 is 2.39 bits per heavy atom. The van der Waals surface area contributed by atoms with Crippen molar-refractivity contribution in [1.82, 2.24) is 15.1 Å². The van der Waals surface area contributed by atoms with E-state index in [4.69, 9.17) is 10.5 Å². The number of hydrogen-bond acceptors (Lipinski definition) is 4. The van der Waals surface area contributed by atoms with Crippen molar-refractivity contribution in [3.63, 3.8) is 0 Å². The number of anilines is 1. The molecule has 1 saturated heterocycles. The minimum atomic E-state index is -4.24. The van der Waals surface area contributed by atoms with Gasteiger partial charge in [-0.3, -0.25) is 4.90 Å². The Morgan fingerprint density at radius 2 is 1.81 bits per heavy atom. The molecule has 0 amide bonds. The lowest BCUT2D eigenvalue weighted by molar-refractivity contribution is -0.137. The molecule has 1 aliphatic rings. The summed E-state index contributed by atoms with van der Waals surface area (Å²) in [6.07, 6.45) is 8.66. The van der Waals surface area contributed by atoms with Gasteiger partial charge in [-0.15, -0.1) is 0 Å². The van der Waals surface area contributed by atoms with Crippen molar-refractivity contribution in [1.29, 1.82) is 0 Å². The van der Waals surface area contributed by atoms with Crippen LogP contribution in [0, 0.1) is 6.92 Å². The van der Waals surface area contributed by atoms with Crippen LogP contribution in [-0.4, -0.2) is 48.4 Å². The number of ether oxygens (including phenoxy) is 1. The van der Waals surface area contributed by atoms with Gasteiger partial charge in [0.1, 0.15) is 12.4 Å². The van der Waals surface area contributed by atoms with Crippen molar-refractivity contribution in [2.24, 2.45) is 5.73 Å². The molecule has 0 unspecified atom stereocenters. The van der Waals surface area contributed by atoms with Gasteiger partial charge in [0, 0.05) is 31.9 Å². The van der Waals surface area contributed by atoms with Gasteiger partial charge in [0.2, 0.25) is 0 Å². The molecule has 6 nitrogen and oxygen atoms in total. The third-order valence-corrected chi connectivity index (χ3v) is 5.77. The highest BCUT2D eigenvalue weighted by Crippen LogP contribution is 2.29. The Bertz CT molecular complexity index is 1010. The fourth-order valence-electron chi connectivity index (χ4n) is 3.71. The molecule has 1 aromatic heterocycles. The summed E-state index contributed by atoms with van der Waals surface area (Å²) in [4.78, 5) is 2.45. The summed E-state index contributed by atoms with van der Waals surface area (Å²) in [5.41, 5.74) is 9.18. The number of aromatic amines is 2. The van der Waals surface area contributed by atoms with Crippen molar-refractivity contribution >= 4 is 5.69 Å². The van der Waals surface area contributed by atoms with E-state index in [1.54, 1.807) is 13.2 Å². The highest BCUT2D eigenvalue weighted by atomic mass is 19.4. The second-order valence-corrected chi connectivity index (χ2v) is 8.47. The summed E-state index contributed by atoms with van der Waals surface area (Å²) in [7, 11) is 1.66. The molecule has 1 fully saturated rings. The second kappa shape index (κ2) is 14.9. The molecule has 2 aromatic rings. The molecule has 9 heteroatoms. The number of benzene rings is 1. The van der Waals surface area contributed by atoms with Crippen molar-refractivity contribution < 1.29 is 17.9 Å². The molecule has 0 spiro atoms. The maximum Gasteiger partial charge on any atom is 0.416 e. The Morgan fingerprint density at radius 1 is 1.14 bits per heavy atom. The van der Waals surface area contributed by atoms with Gasteiger partial charge in [0.15, 0.2) is 0 Å². The molecule has 36 heavy (non-hydrogen) atoms. The van der Waals surface area contributed by atoms with E-state index in [2.05, 4.69) is 33.4 Å². The van der Waals surface area contributed by atoms with E-state index in [0.29, 0.717) is 12.3 Å². The van der Waals surface area contributed by atoms with Crippen LogP contribution < -0.4 is 15.8 Å². The summed E-state index contributed by atoms with van der Waals surface area (Å²) in [5, 5.41) is 8.88. The Balaban J connectivity index is 0.000000319.